The fraction of sp³-hybridized carbons (Fsp3) is 0.225. The van der Waals surface area contributed by atoms with E-state index in [4.69, 9.17) is 4.74 Å². The summed E-state index contributed by atoms with van der Waals surface area (Å²) in [5.74, 6) is -4.47. The largest absolute Gasteiger partial charge is 0.464 e. The molecule has 5 aromatic rings. The zero-order valence-electron chi connectivity index (χ0n) is 30.6. The van der Waals surface area contributed by atoms with Crippen LogP contribution in [-0.4, -0.2) is 127 Å². The number of carboxylic acid groups (broad SMARTS) is 2. The first-order chi connectivity index (χ1) is 28.0. The van der Waals surface area contributed by atoms with Gasteiger partial charge in [-0.1, -0.05) is 24.3 Å². The number of morpholine rings is 1. The number of benzene rings is 3. The molecule has 58 heavy (non-hydrogen) atoms. The average molecular weight is 787 g/mol. The third-order valence-corrected chi connectivity index (χ3v) is 10.4. The molecule has 3 aliphatic rings. The first-order valence-electron chi connectivity index (χ1n) is 18.2. The lowest BCUT2D eigenvalue weighted by Crippen LogP contribution is -2.43. The monoisotopic (exact) mass is 786 g/mol. The van der Waals surface area contributed by atoms with E-state index in [0.717, 1.165) is 18.9 Å². The van der Waals surface area contributed by atoms with Crippen molar-refractivity contribution in [3.8, 4) is 0 Å². The predicted octanol–water partition coefficient (Wildman–Crippen LogP) is 3.46. The van der Waals surface area contributed by atoms with Crippen LogP contribution in [-0.2, 0) is 9.53 Å². The molecule has 1 saturated heterocycles. The molecule has 0 radical (unpaired) electrons. The molecule has 0 bridgehead atoms. The molecule has 18 nitrogen and oxygen atoms in total. The maximum atomic E-state index is 13.7. The lowest BCUT2D eigenvalue weighted by molar-refractivity contribution is -0.125. The summed E-state index contributed by atoms with van der Waals surface area (Å²) in [5, 5.41) is 20.3. The van der Waals surface area contributed by atoms with Crippen molar-refractivity contribution < 1.29 is 48.5 Å². The predicted molar refractivity (Wildman–Crippen MR) is 202 cm³/mol. The number of imidazole rings is 2. The van der Waals surface area contributed by atoms with E-state index < -0.39 is 47.7 Å². The Morgan fingerprint density at radius 1 is 0.655 bits per heavy atom. The molecular formula is C40H34N8O10. The zero-order chi connectivity index (χ0) is 40.7. The summed E-state index contributed by atoms with van der Waals surface area (Å²) in [6.07, 6.45) is 2.31. The quantitative estimate of drug-likeness (QED) is 0.174. The number of hydrogen-bond acceptors (Lipinski definition) is 11. The third kappa shape index (κ3) is 6.74. The highest BCUT2D eigenvalue weighted by Crippen LogP contribution is 2.32. The van der Waals surface area contributed by atoms with Crippen molar-refractivity contribution in [2.45, 2.75) is 11.8 Å². The number of fused-ring (bicyclic) bond motifs is 2. The normalized spacial score (nSPS) is 16.1. The maximum Gasteiger partial charge on any atom is 0.417 e. The van der Waals surface area contributed by atoms with Crippen LogP contribution in [0.5, 0.6) is 0 Å². The van der Waals surface area contributed by atoms with Crippen molar-refractivity contribution in [3.63, 3.8) is 0 Å². The highest BCUT2D eigenvalue weighted by Gasteiger charge is 2.41. The summed E-state index contributed by atoms with van der Waals surface area (Å²) in [6.45, 7) is -0.285. The van der Waals surface area contributed by atoms with Gasteiger partial charge in [-0.3, -0.25) is 33.8 Å². The van der Waals surface area contributed by atoms with Crippen LogP contribution >= 0.6 is 0 Å². The van der Waals surface area contributed by atoms with Crippen LogP contribution in [0.25, 0.3) is 0 Å². The molecular weight excluding hydrogens is 752 g/mol. The first kappa shape index (κ1) is 37.5. The van der Waals surface area contributed by atoms with Crippen LogP contribution in [0, 0.1) is 0 Å². The smallest absolute Gasteiger partial charge is 0.417 e. The minimum Gasteiger partial charge on any atom is -0.464 e. The van der Waals surface area contributed by atoms with Gasteiger partial charge in [0.25, 0.3) is 29.5 Å². The topological polar surface area (TPSA) is 218 Å². The van der Waals surface area contributed by atoms with Crippen LogP contribution in [0.1, 0.15) is 64.9 Å². The summed E-state index contributed by atoms with van der Waals surface area (Å²) in [4.78, 5) is 106. The summed E-state index contributed by atoms with van der Waals surface area (Å²) in [7, 11) is 0. The van der Waals surface area contributed by atoms with Crippen LogP contribution in [0.15, 0.2) is 97.6 Å². The van der Waals surface area contributed by atoms with Gasteiger partial charge in [-0.25, -0.2) is 28.7 Å². The molecule has 3 aliphatic heterocycles. The molecule has 5 amide bonds. The summed E-state index contributed by atoms with van der Waals surface area (Å²) in [6, 6.07) is 19.5. The minimum absolute atomic E-state index is 0.00789. The van der Waals surface area contributed by atoms with Gasteiger partial charge in [0.2, 0.25) is 0 Å². The van der Waals surface area contributed by atoms with E-state index in [9.17, 15) is 43.8 Å². The number of aromatic nitrogens is 4. The van der Waals surface area contributed by atoms with E-state index in [-0.39, 0.29) is 72.6 Å². The Hall–Kier alpha value is -7.47. The van der Waals surface area contributed by atoms with Crippen LogP contribution in [0.3, 0.4) is 0 Å². The van der Waals surface area contributed by atoms with E-state index in [1.54, 1.807) is 58.3 Å². The van der Waals surface area contributed by atoms with Crippen molar-refractivity contribution in [3.05, 3.63) is 131 Å². The van der Waals surface area contributed by atoms with Crippen molar-refractivity contribution >= 4 is 53.1 Å². The molecule has 3 aromatic carbocycles. The molecule has 1 fully saturated rings. The Labute approximate surface area is 329 Å². The molecule has 18 heteroatoms. The summed E-state index contributed by atoms with van der Waals surface area (Å²) in [5.41, 5.74) is 1.84. The van der Waals surface area contributed by atoms with Crippen molar-refractivity contribution in [1.82, 2.24) is 28.9 Å². The van der Waals surface area contributed by atoms with Gasteiger partial charge in [-0.2, -0.15) is 0 Å². The molecule has 2 atom stereocenters. The minimum atomic E-state index is -1.36. The number of carbonyl (C=O) groups excluding carboxylic acids is 5. The molecule has 0 saturated carbocycles. The number of ether oxygens (including phenoxy) is 1. The highest BCUT2D eigenvalue weighted by molar-refractivity contribution is 6.22. The second-order valence-corrected chi connectivity index (χ2v) is 13.8. The Bertz CT molecular complexity index is 2290. The zero-order valence-corrected chi connectivity index (χ0v) is 30.6. The molecule has 294 valence electrons. The van der Waals surface area contributed by atoms with Gasteiger partial charge < -0.3 is 24.7 Å². The fourth-order valence-corrected chi connectivity index (χ4v) is 7.70. The molecule has 1 unspecified atom stereocenters. The Kier molecular flexibility index (Phi) is 9.83. The number of nitrogens with zero attached hydrogens (tertiary/aromatic N) is 8. The van der Waals surface area contributed by atoms with E-state index in [2.05, 4.69) is 9.97 Å². The first-order valence-corrected chi connectivity index (χ1v) is 18.2. The Morgan fingerprint density at radius 3 is 1.48 bits per heavy atom. The van der Waals surface area contributed by atoms with Crippen molar-refractivity contribution in [2.24, 2.45) is 0 Å². The number of amides is 5. The van der Waals surface area contributed by atoms with Crippen LogP contribution in [0.4, 0.5) is 21.0 Å². The van der Waals surface area contributed by atoms with E-state index in [0.29, 0.717) is 24.5 Å². The Morgan fingerprint density at radius 2 is 1.09 bits per heavy atom. The van der Waals surface area contributed by atoms with Gasteiger partial charge in [-0.05, 0) is 48.5 Å². The average Bonchev–Trinajstić information content (AvgIpc) is 4.02. The van der Waals surface area contributed by atoms with E-state index in [1.807, 2.05) is 0 Å². The lowest BCUT2D eigenvalue weighted by atomic mass is 10.0. The number of imide groups is 2. The molecule has 0 aliphatic carbocycles. The Balaban J connectivity index is 1.21. The number of anilines is 2. The SMILES string of the molecule is O=C1c2ccccc2C(=O)N1CC(CN(C[C@H](CN1C(=O)c2ccccc2C1=O)c1nccn1C(=O)O)c1ccc(N2CCOCC2=O)cc1)c1nccn1C(=O)O. The maximum absolute atomic E-state index is 13.7. The van der Waals surface area contributed by atoms with Gasteiger partial charge in [0.05, 0.1) is 40.7 Å². The lowest BCUT2D eigenvalue weighted by Gasteiger charge is -2.34. The summed E-state index contributed by atoms with van der Waals surface area (Å²) >= 11 is 0. The number of rotatable bonds is 12. The fourth-order valence-electron chi connectivity index (χ4n) is 7.70. The van der Waals surface area contributed by atoms with Gasteiger partial charge >= 0.3 is 12.2 Å². The van der Waals surface area contributed by atoms with E-state index in [1.165, 1.54) is 49.1 Å². The third-order valence-electron chi connectivity index (χ3n) is 10.4. The second kappa shape index (κ2) is 15.2. The molecule has 8 rings (SSSR count). The standard InChI is InChI=1S/C40H34N8O10/c49-32-23-58-18-17-44(32)27-11-9-26(10-12-27)43(19-24(33-41-13-15-45(33)39(54)55)21-47-35(50)28-5-1-2-6-29(28)36(47)51)20-25(34-42-14-16-46(34)40(56)57)22-48-37(52)30-7-3-4-8-31(30)38(48)53/h1-16,24-25H,17-23H2,(H,54,55)(H,56,57)/t24-,25?/m1/s1. The number of carbonyl (C=O) groups is 7. The van der Waals surface area contributed by atoms with Crippen molar-refractivity contribution in [1.29, 1.82) is 0 Å². The molecule has 5 heterocycles. The van der Waals surface area contributed by atoms with Gasteiger partial charge in [-0.15, -0.1) is 0 Å². The second-order valence-electron chi connectivity index (χ2n) is 13.8. The summed E-state index contributed by atoms with van der Waals surface area (Å²) < 4.78 is 7.07. The van der Waals surface area contributed by atoms with Crippen LogP contribution < -0.4 is 9.80 Å². The van der Waals surface area contributed by atoms with Crippen molar-refractivity contribution in [2.75, 3.05) is 55.7 Å². The molecule has 2 aromatic heterocycles. The van der Waals surface area contributed by atoms with Crippen LogP contribution in [0.2, 0.25) is 0 Å². The highest BCUT2D eigenvalue weighted by atomic mass is 16.5. The van der Waals surface area contributed by atoms with E-state index >= 15 is 0 Å². The van der Waals surface area contributed by atoms with Gasteiger partial charge in [0.15, 0.2) is 0 Å². The van der Waals surface area contributed by atoms with Gasteiger partial charge in [0.1, 0.15) is 18.3 Å². The van der Waals surface area contributed by atoms with Gasteiger partial charge in [0, 0.05) is 68.9 Å². The molecule has 2 N–H and O–H groups in total. The number of hydrogen-bond donors (Lipinski definition) is 2. The molecule has 0 spiro atoms.